The highest BCUT2D eigenvalue weighted by atomic mass is 16.3. The van der Waals surface area contributed by atoms with Gasteiger partial charge in [-0.25, -0.2) is 0 Å². The van der Waals surface area contributed by atoms with E-state index in [1.807, 2.05) is 26.5 Å². The Labute approximate surface area is 78.6 Å². The highest BCUT2D eigenvalue weighted by molar-refractivity contribution is 5.03. The van der Waals surface area contributed by atoms with E-state index in [4.69, 9.17) is 0 Å². The van der Waals surface area contributed by atoms with Gasteiger partial charge in [0.2, 0.25) is 0 Å². The molecule has 0 bridgehead atoms. The first-order chi connectivity index (χ1) is 6.22. The molecule has 0 spiro atoms. The lowest BCUT2D eigenvalue weighted by atomic mass is 10.1. The Balaban J connectivity index is 2.26. The molecule has 0 aliphatic heterocycles. The molecule has 0 fully saturated rings. The molecule has 13 heavy (non-hydrogen) atoms. The van der Waals surface area contributed by atoms with Crippen molar-refractivity contribution in [3.8, 4) is 0 Å². The predicted molar refractivity (Wildman–Crippen MR) is 51.5 cm³/mol. The van der Waals surface area contributed by atoms with Crippen LogP contribution in [-0.4, -0.2) is 34.6 Å². The van der Waals surface area contributed by atoms with Gasteiger partial charge < -0.3 is 10.4 Å². The topological polar surface area (TPSA) is 50.1 Å². The molecule has 74 valence electrons. The van der Waals surface area contributed by atoms with Crippen LogP contribution in [-0.2, 0) is 13.5 Å². The highest BCUT2D eigenvalue weighted by Gasteiger charge is 2.03. The van der Waals surface area contributed by atoms with Crippen molar-refractivity contribution in [2.45, 2.75) is 18.9 Å². The molecular formula is C9H17N3O. The second-order valence-corrected chi connectivity index (χ2v) is 3.27. The third-order valence-corrected chi connectivity index (χ3v) is 1.96. The van der Waals surface area contributed by atoms with Gasteiger partial charge >= 0.3 is 0 Å². The van der Waals surface area contributed by atoms with Gasteiger partial charge in [-0.3, -0.25) is 4.68 Å². The fraction of sp³-hybridized carbons (Fsp3) is 0.667. The summed E-state index contributed by atoms with van der Waals surface area (Å²) < 4.78 is 1.78. The van der Waals surface area contributed by atoms with Gasteiger partial charge in [-0.15, -0.1) is 0 Å². The summed E-state index contributed by atoms with van der Waals surface area (Å²) in [6, 6.07) is 0. The Kier molecular flexibility index (Phi) is 3.92. The van der Waals surface area contributed by atoms with Crippen molar-refractivity contribution in [3.05, 3.63) is 18.0 Å². The summed E-state index contributed by atoms with van der Waals surface area (Å²) in [7, 11) is 3.74. The Morgan fingerprint density at radius 1 is 1.69 bits per heavy atom. The summed E-state index contributed by atoms with van der Waals surface area (Å²) in [5.74, 6) is 0. The van der Waals surface area contributed by atoms with Gasteiger partial charge in [-0.1, -0.05) is 0 Å². The minimum absolute atomic E-state index is 0.259. The van der Waals surface area contributed by atoms with Crippen LogP contribution in [0.5, 0.6) is 0 Å². The van der Waals surface area contributed by atoms with Gasteiger partial charge in [0, 0.05) is 19.8 Å². The van der Waals surface area contributed by atoms with Gasteiger partial charge in [0.25, 0.3) is 0 Å². The van der Waals surface area contributed by atoms with Crippen LogP contribution in [0, 0.1) is 0 Å². The van der Waals surface area contributed by atoms with Crippen LogP contribution in [0.4, 0.5) is 0 Å². The van der Waals surface area contributed by atoms with E-state index in [1.54, 1.807) is 4.68 Å². The molecule has 2 N–H and O–H groups in total. The summed E-state index contributed by atoms with van der Waals surface area (Å²) in [5, 5.41) is 16.4. The lowest BCUT2D eigenvalue weighted by Crippen LogP contribution is -2.23. The predicted octanol–water partition coefficient (Wildman–Crippen LogP) is -0.0670. The van der Waals surface area contributed by atoms with Crippen molar-refractivity contribution in [3.63, 3.8) is 0 Å². The normalized spacial score (nSPS) is 13.2. The Bertz CT molecular complexity index is 247. The third-order valence-electron chi connectivity index (χ3n) is 1.96. The lowest BCUT2D eigenvalue weighted by molar-refractivity contribution is 0.165. The number of nitrogens with zero attached hydrogens (tertiary/aromatic N) is 2. The van der Waals surface area contributed by atoms with Crippen molar-refractivity contribution in [2.24, 2.45) is 7.05 Å². The minimum atomic E-state index is -0.259. The van der Waals surface area contributed by atoms with Gasteiger partial charge in [-0.05, 0) is 25.5 Å². The largest absolute Gasteiger partial charge is 0.392 e. The van der Waals surface area contributed by atoms with Crippen LogP contribution in [0.1, 0.15) is 12.0 Å². The number of hydrogen-bond acceptors (Lipinski definition) is 3. The van der Waals surface area contributed by atoms with Crippen molar-refractivity contribution in [1.82, 2.24) is 15.1 Å². The average molecular weight is 183 g/mol. The molecule has 0 aliphatic rings. The monoisotopic (exact) mass is 183 g/mol. The second kappa shape index (κ2) is 4.99. The number of rotatable bonds is 5. The summed E-state index contributed by atoms with van der Waals surface area (Å²) in [4.78, 5) is 0. The van der Waals surface area contributed by atoms with Crippen molar-refractivity contribution in [2.75, 3.05) is 13.6 Å². The third kappa shape index (κ3) is 3.57. The summed E-state index contributed by atoms with van der Waals surface area (Å²) in [5.41, 5.74) is 1.18. The first-order valence-corrected chi connectivity index (χ1v) is 4.52. The Morgan fingerprint density at radius 3 is 3.00 bits per heavy atom. The number of hydrogen-bond donors (Lipinski definition) is 2. The van der Waals surface area contributed by atoms with Crippen LogP contribution < -0.4 is 5.32 Å². The molecule has 0 amide bonds. The first-order valence-electron chi connectivity index (χ1n) is 4.52. The standard InChI is InChI=1S/C9H17N3O/c1-10-6-9(13)4-3-8-5-11-12(2)7-8/h5,7,9-10,13H,3-4,6H2,1-2H3. The van der Waals surface area contributed by atoms with E-state index in [0.717, 1.165) is 12.8 Å². The molecule has 4 nitrogen and oxygen atoms in total. The van der Waals surface area contributed by atoms with E-state index >= 15 is 0 Å². The zero-order chi connectivity index (χ0) is 9.68. The summed E-state index contributed by atoms with van der Waals surface area (Å²) >= 11 is 0. The van der Waals surface area contributed by atoms with Gasteiger partial charge in [0.05, 0.1) is 12.3 Å². The van der Waals surface area contributed by atoms with E-state index in [9.17, 15) is 5.11 Å². The lowest BCUT2D eigenvalue weighted by Gasteiger charge is -2.07. The maximum atomic E-state index is 9.43. The maximum absolute atomic E-state index is 9.43. The van der Waals surface area contributed by atoms with Crippen molar-refractivity contribution >= 4 is 0 Å². The molecule has 1 rings (SSSR count). The molecule has 1 atom stereocenters. The molecule has 0 saturated carbocycles. The Morgan fingerprint density at radius 2 is 2.46 bits per heavy atom. The van der Waals surface area contributed by atoms with Crippen LogP contribution in [0.2, 0.25) is 0 Å². The molecule has 1 heterocycles. The molecular weight excluding hydrogens is 166 g/mol. The van der Waals surface area contributed by atoms with E-state index < -0.39 is 0 Å². The smallest absolute Gasteiger partial charge is 0.0667 e. The van der Waals surface area contributed by atoms with E-state index in [0.29, 0.717) is 6.54 Å². The number of aliphatic hydroxyl groups is 1. The number of nitrogens with one attached hydrogen (secondary N) is 1. The molecule has 1 aromatic heterocycles. The zero-order valence-corrected chi connectivity index (χ0v) is 8.20. The molecule has 1 unspecified atom stereocenters. The number of aromatic nitrogens is 2. The molecule has 0 saturated heterocycles. The second-order valence-electron chi connectivity index (χ2n) is 3.27. The van der Waals surface area contributed by atoms with Crippen molar-refractivity contribution < 1.29 is 5.11 Å². The Hall–Kier alpha value is -0.870. The quantitative estimate of drug-likeness (QED) is 0.672. The van der Waals surface area contributed by atoms with Crippen LogP contribution in [0.3, 0.4) is 0 Å². The highest BCUT2D eigenvalue weighted by Crippen LogP contribution is 2.03. The van der Waals surface area contributed by atoms with Crippen LogP contribution in [0.15, 0.2) is 12.4 Å². The number of aliphatic hydroxyl groups excluding tert-OH is 1. The van der Waals surface area contributed by atoms with Crippen molar-refractivity contribution in [1.29, 1.82) is 0 Å². The molecule has 0 aromatic carbocycles. The molecule has 0 aliphatic carbocycles. The molecule has 1 aromatic rings. The summed E-state index contributed by atoms with van der Waals surface area (Å²) in [6.45, 7) is 0.653. The molecule has 0 radical (unpaired) electrons. The minimum Gasteiger partial charge on any atom is -0.392 e. The summed E-state index contributed by atoms with van der Waals surface area (Å²) in [6.07, 6.45) is 5.23. The van der Waals surface area contributed by atoms with Gasteiger partial charge in [0.1, 0.15) is 0 Å². The van der Waals surface area contributed by atoms with E-state index in [1.165, 1.54) is 5.56 Å². The number of aryl methyl sites for hydroxylation is 2. The fourth-order valence-electron chi connectivity index (χ4n) is 1.27. The number of likely N-dealkylation sites (N-methyl/N-ethyl adjacent to an activating group) is 1. The van der Waals surface area contributed by atoms with E-state index in [2.05, 4.69) is 10.4 Å². The fourth-order valence-corrected chi connectivity index (χ4v) is 1.27. The van der Waals surface area contributed by atoms with Gasteiger partial charge in [-0.2, -0.15) is 5.10 Å². The maximum Gasteiger partial charge on any atom is 0.0667 e. The van der Waals surface area contributed by atoms with Crippen LogP contribution >= 0.6 is 0 Å². The SMILES string of the molecule is CNCC(O)CCc1cnn(C)c1. The van der Waals surface area contributed by atoms with E-state index in [-0.39, 0.29) is 6.10 Å². The molecule has 4 heteroatoms. The van der Waals surface area contributed by atoms with Crippen LogP contribution in [0.25, 0.3) is 0 Å². The zero-order valence-electron chi connectivity index (χ0n) is 8.20. The first kappa shape index (κ1) is 10.2. The average Bonchev–Trinajstić information content (AvgIpc) is 2.49. The van der Waals surface area contributed by atoms with Gasteiger partial charge in [0.15, 0.2) is 0 Å².